The highest BCUT2D eigenvalue weighted by Crippen LogP contribution is 2.24. The Morgan fingerprint density at radius 2 is 2.14 bits per heavy atom. The van der Waals surface area contributed by atoms with Gasteiger partial charge in [-0.2, -0.15) is 4.31 Å². The number of hydrogen-bond donors (Lipinski definition) is 2. The predicted molar refractivity (Wildman–Crippen MR) is 76.0 cm³/mol. The summed E-state index contributed by atoms with van der Waals surface area (Å²) < 4.78 is 30.7. The third-order valence-corrected chi connectivity index (χ3v) is 4.58. The van der Waals surface area contributed by atoms with Crippen LogP contribution in [-0.4, -0.2) is 55.7 Å². The molecule has 0 spiro atoms. The van der Waals surface area contributed by atoms with Crippen LogP contribution in [0, 0.1) is 0 Å². The molecule has 1 aromatic rings. The molecule has 0 saturated heterocycles. The minimum absolute atomic E-state index is 0.0112. The van der Waals surface area contributed by atoms with Crippen molar-refractivity contribution < 1.29 is 28.2 Å². The number of rotatable bonds is 8. The van der Waals surface area contributed by atoms with Crippen LogP contribution in [0.4, 0.5) is 0 Å². The van der Waals surface area contributed by atoms with Crippen molar-refractivity contribution in [3.63, 3.8) is 0 Å². The molecule has 0 aliphatic rings. The molecule has 0 bridgehead atoms. The zero-order valence-electron chi connectivity index (χ0n) is 11.5. The Morgan fingerprint density at radius 3 is 2.62 bits per heavy atom. The molecule has 0 saturated carbocycles. The molecule has 116 valence electrons. The molecular formula is C13H17NO6S. The minimum atomic E-state index is -3.92. The average Bonchev–Trinajstić information content (AvgIpc) is 2.46. The maximum atomic E-state index is 12.4. The number of sulfonamides is 1. The molecule has 1 aromatic carbocycles. The minimum Gasteiger partial charge on any atom is -0.496 e. The number of aliphatic hydroxyl groups is 1. The first-order valence-corrected chi connectivity index (χ1v) is 7.45. The molecule has 0 amide bonds. The summed E-state index contributed by atoms with van der Waals surface area (Å²) in [6.07, 6.45) is 1.38. The van der Waals surface area contributed by atoms with Crippen LogP contribution in [0.15, 0.2) is 35.7 Å². The van der Waals surface area contributed by atoms with Crippen LogP contribution in [0.5, 0.6) is 5.75 Å². The second-order valence-electron chi connectivity index (χ2n) is 4.04. The smallest absolute Gasteiger partial charge is 0.339 e. The van der Waals surface area contributed by atoms with E-state index in [1.165, 1.54) is 25.3 Å². The van der Waals surface area contributed by atoms with Crippen molar-refractivity contribution in [1.29, 1.82) is 0 Å². The lowest BCUT2D eigenvalue weighted by atomic mass is 10.2. The van der Waals surface area contributed by atoms with Crippen LogP contribution in [-0.2, 0) is 10.0 Å². The van der Waals surface area contributed by atoms with E-state index in [9.17, 15) is 13.2 Å². The zero-order valence-corrected chi connectivity index (χ0v) is 12.3. The van der Waals surface area contributed by atoms with Crippen molar-refractivity contribution in [2.45, 2.75) is 4.90 Å². The third kappa shape index (κ3) is 3.81. The Labute approximate surface area is 123 Å². The Kier molecular flexibility index (Phi) is 5.89. The molecule has 8 heteroatoms. The van der Waals surface area contributed by atoms with Gasteiger partial charge in [0.05, 0.1) is 18.6 Å². The summed E-state index contributed by atoms with van der Waals surface area (Å²) in [5.41, 5.74) is -0.249. The molecule has 0 atom stereocenters. The van der Waals surface area contributed by atoms with Gasteiger partial charge in [-0.1, -0.05) is 6.08 Å². The fraction of sp³-hybridized carbons (Fsp3) is 0.308. The van der Waals surface area contributed by atoms with Crippen molar-refractivity contribution in [3.8, 4) is 5.75 Å². The Morgan fingerprint density at radius 1 is 1.48 bits per heavy atom. The molecule has 0 aliphatic heterocycles. The molecule has 1 rings (SSSR count). The van der Waals surface area contributed by atoms with Gasteiger partial charge in [0, 0.05) is 13.1 Å². The maximum Gasteiger partial charge on any atom is 0.339 e. The molecule has 0 fully saturated rings. The van der Waals surface area contributed by atoms with Crippen LogP contribution < -0.4 is 4.74 Å². The number of benzene rings is 1. The molecule has 0 radical (unpaired) electrons. The van der Waals surface area contributed by atoms with Gasteiger partial charge in [-0.25, -0.2) is 13.2 Å². The lowest BCUT2D eigenvalue weighted by Gasteiger charge is -2.20. The van der Waals surface area contributed by atoms with Crippen molar-refractivity contribution in [3.05, 3.63) is 36.4 Å². The highest BCUT2D eigenvalue weighted by atomic mass is 32.2. The van der Waals surface area contributed by atoms with E-state index in [-0.39, 0.29) is 35.9 Å². The van der Waals surface area contributed by atoms with Crippen LogP contribution >= 0.6 is 0 Å². The van der Waals surface area contributed by atoms with Gasteiger partial charge in [0.2, 0.25) is 10.0 Å². The summed E-state index contributed by atoms with van der Waals surface area (Å²) >= 11 is 0. The summed E-state index contributed by atoms with van der Waals surface area (Å²) in [6.45, 7) is 3.01. The van der Waals surface area contributed by atoms with Crippen molar-refractivity contribution >= 4 is 16.0 Å². The molecule has 21 heavy (non-hydrogen) atoms. The zero-order chi connectivity index (χ0) is 16.0. The van der Waals surface area contributed by atoms with Gasteiger partial charge in [0.15, 0.2) is 0 Å². The van der Waals surface area contributed by atoms with Crippen LogP contribution in [0.25, 0.3) is 0 Å². The lowest BCUT2D eigenvalue weighted by Crippen LogP contribution is -2.33. The highest BCUT2D eigenvalue weighted by molar-refractivity contribution is 7.89. The lowest BCUT2D eigenvalue weighted by molar-refractivity contribution is 0.0693. The first-order chi connectivity index (χ1) is 9.88. The standard InChI is InChI=1S/C13H17NO6S/c1-3-6-14(7-8-15)21(18,19)10-4-5-12(20-2)11(9-10)13(16)17/h3-5,9,15H,1,6-8H2,2H3,(H,16,17). The number of carboxylic acids is 1. The number of ether oxygens (including phenoxy) is 1. The van der Waals surface area contributed by atoms with E-state index in [1.807, 2.05) is 0 Å². The summed E-state index contributed by atoms with van der Waals surface area (Å²) in [7, 11) is -2.63. The predicted octanol–water partition coefficient (Wildman–Crippen LogP) is 0.562. The van der Waals surface area contributed by atoms with E-state index < -0.39 is 16.0 Å². The van der Waals surface area contributed by atoms with Crippen molar-refractivity contribution in [2.24, 2.45) is 0 Å². The average molecular weight is 315 g/mol. The number of aliphatic hydroxyl groups excluding tert-OH is 1. The Balaban J connectivity index is 3.33. The van der Waals surface area contributed by atoms with Crippen molar-refractivity contribution in [1.82, 2.24) is 4.31 Å². The van der Waals surface area contributed by atoms with Gasteiger partial charge >= 0.3 is 5.97 Å². The van der Waals surface area contributed by atoms with E-state index >= 15 is 0 Å². The Bertz CT molecular complexity index is 626. The Hall–Kier alpha value is -1.90. The molecule has 2 N–H and O–H groups in total. The number of nitrogens with zero attached hydrogens (tertiary/aromatic N) is 1. The second-order valence-corrected chi connectivity index (χ2v) is 5.98. The second kappa shape index (κ2) is 7.21. The van der Waals surface area contributed by atoms with Crippen LogP contribution in [0.1, 0.15) is 10.4 Å². The first-order valence-electron chi connectivity index (χ1n) is 6.01. The topological polar surface area (TPSA) is 104 Å². The molecule has 0 aliphatic carbocycles. The van der Waals surface area contributed by atoms with E-state index in [0.29, 0.717) is 0 Å². The quantitative estimate of drug-likeness (QED) is 0.679. The number of aromatic carboxylic acids is 1. The van der Waals surface area contributed by atoms with Crippen LogP contribution in [0.3, 0.4) is 0 Å². The number of methoxy groups -OCH3 is 1. The van der Waals surface area contributed by atoms with Gasteiger partial charge in [0.25, 0.3) is 0 Å². The van der Waals surface area contributed by atoms with Crippen LogP contribution in [0.2, 0.25) is 0 Å². The van der Waals surface area contributed by atoms with Gasteiger partial charge in [-0.05, 0) is 18.2 Å². The van der Waals surface area contributed by atoms with Gasteiger partial charge in [0.1, 0.15) is 11.3 Å². The summed E-state index contributed by atoms with van der Waals surface area (Å²) in [5, 5.41) is 18.0. The fourth-order valence-electron chi connectivity index (χ4n) is 1.73. The normalized spacial score (nSPS) is 11.4. The number of hydrogen-bond acceptors (Lipinski definition) is 5. The number of carbonyl (C=O) groups is 1. The van der Waals surface area contributed by atoms with Gasteiger partial charge in [-0.15, -0.1) is 6.58 Å². The molecule has 0 unspecified atom stereocenters. The first kappa shape index (κ1) is 17.2. The molecule has 0 aromatic heterocycles. The summed E-state index contributed by atoms with van der Waals surface area (Å²) in [5.74, 6) is -1.22. The van der Waals surface area contributed by atoms with E-state index in [0.717, 1.165) is 10.4 Å². The molecule has 7 nitrogen and oxygen atoms in total. The maximum absolute atomic E-state index is 12.4. The van der Waals surface area contributed by atoms with Gasteiger partial charge in [-0.3, -0.25) is 0 Å². The van der Waals surface area contributed by atoms with Crippen molar-refractivity contribution in [2.75, 3.05) is 26.8 Å². The summed E-state index contributed by atoms with van der Waals surface area (Å²) in [4.78, 5) is 11.0. The number of carboxylic acid groups (broad SMARTS) is 1. The largest absolute Gasteiger partial charge is 0.496 e. The monoisotopic (exact) mass is 315 g/mol. The highest BCUT2D eigenvalue weighted by Gasteiger charge is 2.25. The van der Waals surface area contributed by atoms with E-state index in [4.69, 9.17) is 14.9 Å². The van der Waals surface area contributed by atoms with E-state index in [1.54, 1.807) is 0 Å². The van der Waals surface area contributed by atoms with E-state index in [2.05, 4.69) is 6.58 Å². The third-order valence-electron chi connectivity index (χ3n) is 2.72. The molecule has 0 heterocycles. The SMILES string of the molecule is C=CCN(CCO)S(=O)(=O)c1ccc(OC)c(C(=O)O)c1. The summed E-state index contributed by atoms with van der Waals surface area (Å²) in [6, 6.07) is 3.57. The van der Waals surface area contributed by atoms with Gasteiger partial charge < -0.3 is 14.9 Å². The molecular weight excluding hydrogens is 298 g/mol. The fourth-order valence-corrected chi connectivity index (χ4v) is 3.16.